The second kappa shape index (κ2) is 3.60. The summed E-state index contributed by atoms with van der Waals surface area (Å²) in [6.45, 7) is 4.45. The van der Waals surface area contributed by atoms with Crippen molar-refractivity contribution in [3.8, 4) is 0 Å². The van der Waals surface area contributed by atoms with Crippen LogP contribution in [-0.4, -0.2) is 5.11 Å². The molecule has 1 aliphatic carbocycles. The molecule has 0 aromatic heterocycles. The van der Waals surface area contributed by atoms with Gasteiger partial charge in [-0.3, -0.25) is 0 Å². The van der Waals surface area contributed by atoms with Crippen molar-refractivity contribution >= 4 is 15.9 Å². The number of benzene rings is 1. The second-order valence-corrected chi connectivity index (χ2v) is 6.21. The molecular weight excluding hydrogens is 252 g/mol. The Hall–Kier alpha value is -0.340. The van der Waals surface area contributed by atoms with Gasteiger partial charge in [0, 0.05) is 4.47 Å². The summed E-state index contributed by atoms with van der Waals surface area (Å²) < 4.78 is 1.02. The number of hydrogen-bond acceptors (Lipinski definition) is 1. The summed E-state index contributed by atoms with van der Waals surface area (Å²) in [6, 6.07) is 7.99. The molecule has 1 aromatic carbocycles. The first-order chi connectivity index (χ1) is 6.93. The predicted molar refractivity (Wildman–Crippen MR) is 65.7 cm³/mol. The van der Waals surface area contributed by atoms with Gasteiger partial charge < -0.3 is 5.11 Å². The lowest BCUT2D eigenvalue weighted by molar-refractivity contribution is 0.0331. The molecule has 0 saturated heterocycles. The van der Waals surface area contributed by atoms with E-state index in [1.54, 1.807) is 0 Å². The highest BCUT2D eigenvalue weighted by atomic mass is 79.9. The topological polar surface area (TPSA) is 20.2 Å². The molecule has 1 nitrogen and oxygen atoms in total. The Labute approximate surface area is 99.6 Å². The minimum atomic E-state index is -0.635. The summed E-state index contributed by atoms with van der Waals surface area (Å²) in [5, 5.41) is 10.6. The first kappa shape index (κ1) is 11.2. The quantitative estimate of drug-likeness (QED) is 0.821. The van der Waals surface area contributed by atoms with Crippen LogP contribution in [-0.2, 0) is 5.60 Å². The van der Waals surface area contributed by atoms with Crippen LogP contribution in [0.1, 0.15) is 38.7 Å². The van der Waals surface area contributed by atoms with E-state index in [-0.39, 0.29) is 5.41 Å². The van der Waals surface area contributed by atoms with Gasteiger partial charge >= 0.3 is 0 Å². The third-order valence-corrected chi connectivity index (χ3v) is 4.05. The van der Waals surface area contributed by atoms with Crippen LogP contribution in [0.4, 0.5) is 0 Å². The van der Waals surface area contributed by atoms with Gasteiger partial charge in [-0.05, 0) is 36.3 Å². The molecule has 1 N–H and O–H groups in total. The molecule has 0 amide bonds. The molecule has 0 unspecified atom stereocenters. The summed E-state index contributed by atoms with van der Waals surface area (Å²) in [5.41, 5.74) is 0.656. The van der Waals surface area contributed by atoms with Crippen LogP contribution in [0.2, 0.25) is 0 Å². The van der Waals surface area contributed by atoms with Crippen LogP contribution in [0.25, 0.3) is 0 Å². The minimum Gasteiger partial charge on any atom is -0.385 e. The zero-order valence-corrected chi connectivity index (χ0v) is 10.8. The van der Waals surface area contributed by atoms with E-state index in [0.29, 0.717) is 0 Å². The van der Waals surface area contributed by atoms with E-state index in [1.807, 2.05) is 24.3 Å². The van der Waals surface area contributed by atoms with Crippen LogP contribution in [0.3, 0.4) is 0 Å². The maximum atomic E-state index is 10.6. The fourth-order valence-electron chi connectivity index (χ4n) is 2.58. The third-order valence-electron chi connectivity index (χ3n) is 3.36. The van der Waals surface area contributed by atoms with Gasteiger partial charge in [-0.15, -0.1) is 0 Å². The Morgan fingerprint density at radius 3 is 2.40 bits per heavy atom. The van der Waals surface area contributed by atoms with E-state index in [0.717, 1.165) is 29.3 Å². The summed E-state index contributed by atoms with van der Waals surface area (Å²) in [7, 11) is 0. The first-order valence-corrected chi connectivity index (χ1v) is 6.20. The normalized spacial score (nSPS) is 29.3. The Morgan fingerprint density at radius 1 is 1.20 bits per heavy atom. The van der Waals surface area contributed by atoms with Crippen molar-refractivity contribution < 1.29 is 5.11 Å². The number of halogens is 1. The van der Waals surface area contributed by atoms with Crippen molar-refractivity contribution in [3.05, 3.63) is 34.3 Å². The molecule has 2 rings (SSSR count). The van der Waals surface area contributed by atoms with Crippen molar-refractivity contribution in [2.45, 2.75) is 38.7 Å². The van der Waals surface area contributed by atoms with Gasteiger partial charge in [-0.1, -0.05) is 48.0 Å². The molecule has 0 heterocycles. The lowest BCUT2D eigenvalue weighted by Gasteiger charge is -2.26. The summed E-state index contributed by atoms with van der Waals surface area (Å²) in [4.78, 5) is 0. The minimum absolute atomic E-state index is 0.254. The number of hydrogen-bond donors (Lipinski definition) is 1. The highest BCUT2D eigenvalue weighted by Crippen LogP contribution is 2.50. The monoisotopic (exact) mass is 268 g/mol. The maximum Gasteiger partial charge on any atom is 0.0912 e. The van der Waals surface area contributed by atoms with Crippen LogP contribution in [0.5, 0.6) is 0 Å². The largest absolute Gasteiger partial charge is 0.385 e. The predicted octanol–water partition coefficient (Wildman–Crippen LogP) is 3.85. The molecule has 1 fully saturated rings. The maximum absolute atomic E-state index is 10.6. The summed E-state index contributed by atoms with van der Waals surface area (Å²) >= 11 is 3.52. The Balaban J connectivity index is 2.36. The summed E-state index contributed by atoms with van der Waals surface area (Å²) in [6.07, 6.45) is 2.80. The molecular formula is C13H17BrO. The molecule has 1 aromatic rings. The third kappa shape index (κ3) is 2.11. The lowest BCUT2D eigenvalue weighted by atomic mass is 9.86. The van der Waals surface area contributed by atoms with Crippen LogP contribution >= 0.6 is 15.9 Å². The van der Waals surface area contributed by atoms with E-state index in [1.165, 1.54) is 0 Å². The molecule has 1 saturated carbocycles. The van der Waals surface area contributed by atoms with Crippen molar-refractivity contribution in [2.24, 2.45) is 5.41 Å². The van der Waals surface area contributed by atoms with E-state index in [2.05, 4.69) is 29.8 Å². The van der Waals surface area contributed by atoms with Gasteiger partial charge in [0.05, 0.1) is 5.60 Å². The number of rotatable bonds is 1. The van der Waals surface area contributed by atoms with Gasteiger partial charge in [-0.25, -0.2) is 0 Å². The SMILES string of the molecule is CC1(C)CC[C@](O)(c2ccccc2Br)C1. The average molecular weight is 269 g/mol. The van der Waals surface area contributed by atoms with Gasteiger partial charge in [0.2, 0.25) is 0 Å². The van der Waals surface area contributed by atoms with Gasteiger partial charge in [0.15, 0.2) is 0 Å². The van der Waals surface area contributed by atoms with E-state index >= 15 is 0 Å². The van der Waals surface area contributed by atoms with Crippen molar-refractivity contribution in [2.75, 3.05) is 0 Å². The molecule has 0 radical (unpaired) electrons. The molecule has 15 heavy (non-hydrogen) atoms. The molecule has 1 atom stereocenters. The van der Waals surface area contributed by atoms with Crippen molar-refractivity contribution in [1.29, 1.82) is 0 Å². The van der Waals surface area contributed by atoms with Crippen molar-refractivity contribution in [1.82, 2.24) is 0 Å². The van der Waals surface area contributed by atoms with Crippen molar-refractivity contribution in [3.63, 3.8) is 0 Å². The fraction of sp³-hybridized carbons (Fsp3) is 0.538. The van der Waals surface area contributed by atoms with Crippen LogP contribution in [0.15, 0.2) is 28.7 Å². The Kier molecular flexibility index (Phi) is 2.68. The number of aliphatic hydroxyl groups is 1. The molecule has 0 bridgehead atoms. The highest BCUT2D eigenvalue weighted by Gasteiger charge is 2.43. The molecule has 0 aliphatic heterocycles. The smallest absolute Gasteiger partial charge is 0.0912 e. The standard InChI is InChI=1S/C13H17BrO/c1-12(2)7-8-13(15,9-12)10-5-3-4-6-11(10)14/h3-6,15H,7-9H2,1-2H3/t13-/m1/s1. The molecule has 1 aliphatic rings. The van der Waals surface area contributed by atoms with E-state index < -0.39 is 5.60 Å². The van der Waals surface area contributed by atoms with Gasteiger partial charge in [0.25, 0.3) is 0 Å². The lowest BCUT2D eigenvalue weighted by Crippen LogP contribution is -2.23. The zero-order valence-electron chi connectivity index (χ0n) is 9.26. The van der Waals surface area contributed by atoms with Crippen LogP contribution in [0, 0.1) is 5.41 Å². The highest BCUT2D eigenvalue weighted by molar-refractivity contribution is 9.10. The second-order valence-electron chi connectivity index (χ2n) is 5.35. The molecule has 0 spiro atoms. The van der Waals surface area contributed by atoms with E-state index in [4.69, 9.17) is 0 Å². The average Bonchev–Trinajstić information content (AvgIpc) is 2.42. The fourth-order valence-corrected chi connectivity index (χ4v) is 3.24. The summed E-state index contributed by atoms with van der Waals surface area (Å²) in [5.74, 6) is 0. The molecule has 2 heteroatoms. The van der Waals surface area contributed by atoms with Gasteiger partial charge in [0.1, 0.15) is 0 Å². The van der Waals surface area contributed by atoms with E-state index in [9.17, 15) is 5.11 Å². The first-order valence-electron chi connectivity index (χ1n) is 5.40. The zero-order chi connectivity index (χ0) is 11.1. The Bertz CT molecular complexity index is 373. The van der Waals surface area contributed by atoms with Crippen LogP contribution < -0.4 is 0 Å². The Morgan fingerprint density at radius 2 is 1.87 bits per heavy atom. The molecule has 82 valence electrons. The van der Waals surface area contributed by atoms with Gasteiger partial charge in [-0.2, -0.15) is 0 Å².